The van der Waals surface area contributed by atoms with Gasteiger partial charge in [-0.2, -0.15) is 0 Å². The highest BCUT2D eigenvalue weighted by molar-refractivity contribution is 7.99. The molecule has 0 spiro atoms. The Morgan fingerprint density at radius 3 is 3.15 bits per heavy atom. The van der Waals surface area contributed by atoms with Gasteiger partial charge in [-0.1, -0.05) is 11.8 Å². The zero-order chi connectivity index (χ0) is 9.10. The lowest BCUT2D eigenvalue weighted by Gasteiger charge is -2.00. The third-order valence-electron chi connectivity index (χ3n) is 1.94. The number of tetrazole rings is 1. The fourth-order valence-corrected chi connectivity index (χ4v) is 1.97. The molecule has 1 aliphatic carbocycles. The second-order valence-corrected chi connectivity index (χ2v) is 4.15. The van der Waals surface area contributed by atoms with Gasteiger partial charge in [-0.05, 0) is 30.3 Å². The van der Waals surface area contributed by atoms with Gasteiger partial charge in [0.2, 0.25) is 5.16 Å². The van der Waals surface area contributed by atoms with Crippen LogP contribution in [0.4, 0.5) is 0 Å². The molecule has 5 nitrogen and oxygen atoms in total. The second kappa shape index (κ2) is 4.06. The molecule has 1 saturated carbocycles. The lowest BCUT2D eigenvalue weighted by atomic mass is 10.7. The first-order valence-electron chi connectivity index (χ1n) is 4.47. The summed E-state index contributed by atoms with van der Waals surface area (Å²) in [6.07, 6.45) is 2.45. The Hall–Kier alpha value is -0.620. The van der Waals surface area contributed by atoms with Crippen molar-refractivity contribution in [2.45, 2.75) is 24.0 Å². The van der Waals surface area contributed by atoms with E-state index in [2.05, 4.69) is 20.8 Å². The summed E-state index contributed by atoms with van der Waals surface area (Å²) < 4.78 is 1.94. The second-order valence-electron chi connectivity index (χ2n) is 3.09. The van der Waals surface area contributed by atoms with Crippen molar-refractivity contribution in [3.05, 3.63) is 0 Å². The smallest absolute Gasteiger partial charge is 0.209 e. The van der Waals surface area contributed by atoms with E-state index < -0.39 is 0 Å². The number of rotatable bonds is 5. The predicted molar refractivity (Wildman–Crippen MR) is 50.7 cm³/mol. The quantitative estimate of drug-likeness (QED) is 0.546. The summed E-state index contributed by atoms with van der Waals surface area (Å²) in [6, 6.07) is 0.576. The van der Waals surface area contributed by atoms with Crippen molar-refractivity contribution in [1.82, 2.24) is 25.5 Å². The van der Waals surface area contributed by atoms with Gasteiger partial charge < -0.3 is 5.32 Å². The Bertz CT molecular complexity index is 270. The highest BCUT2D eigenvalue weighted by Gasteiger charge is 2.27. The number of nitrogens with one attached hydrogen (secondary N) is 1. The van der Waals surface area contributed by atoms with Crippen molar-refractivity contribution in [3.8, 4) is 0 Å². The molecule has 1 N–H and O–H groups in total. The van der Waals surface area contributed by atoms with Crippen molar-refractivity contribution < 1.29 is 0 Å². The summed E-state index contributed by atoms with van der Waals surface area (Å²) in [5.74, 6) is 1.02. The van der Waals surface area contributed by atoms with E-state index in [4.69, 9.17) is 0 Å². The van der Waals surface area contributed by atoms with E-state index in [1.807, 2.05) is 11.7 Å². The predicted octanol–water partition coefficient (Wildman–Crippen LogP) is 0.319. The largest absolute Gasteiger partial charge is 0.319 e. The first-order valence-corrected chi connectivity index (χ1v) is 5.45. The lowest BCUT2D eigenvalue weighted by molar-refractivity contribution is 0.565. The fraction of sp³-hybridized carbons (Fsp3) is 0.857. The third kappa shape index (κ3) is 2.19. The van der Waals surface area contributed by atoms with Gasteiger partial charge in [-0.15, -0.1) is 5.10 Å². The van der Waals surface area contributed by atoms with Crippen molar-refractivity contribution in [2.75, 3.05) is 19.3 Å². The van der Waals surface area contributed by atoms with Crippen molar-refractivity contribution in [2.24, 2.45) is 0 Å². The van der Waals surface area contributed by atoms with Crippen molar-refractivity contribution in [1.29, 1.82) is 0 Å². The van der Waals surface area contributed by atoms with E-state index in [1.54, 1.807) is 11.8 Å². The van der Waals surface area contributed by atoms with Crippen LogP contribution in [0.1, 0.15) is 18.9 Å². The van der Waals surface area contributed by atoms with Gasteiger partial charge in [0.05, 0.1) is 6.04 Å². The van der Waals surface area contributed by atoms with Crippen molar-refractivity contribution >= 4 is 11.8 Å². The van der Waals surface area contributed by atoms with E-state index in [0.717, 1.165) is 17.5 Å². The first-order chi connectivity index (χ1) is 6.42. The molecule has 13 heavy (non-hydrogen) atoms. The monoisotopic (exact) mass is 199 g/mol. The molecule has 2 rings (SSSR count). The fourth-order valence-electron chi connectivity index (χ4n) is 1.07. The molecule has 1 aromatic rings. The number of nitrogens with zero attached hydrogens (tertiary/aromatic N) is 4. The molecular formula is C7H13N5S. The van der Waals surface area contributed by atoms with E-state index in [-0.39, 0.29) is 0 Å². The molecule has 0 bridgehead atoms. The summed E-state index contributed by atoms with van der Waals surface area (Å²) >= 11 is 1.71. The summed E-state index contributed by atoms with van der Waals surface area (Å²) in [5.41, 5.74) is 0. The van der Waals surface area contributed by atoms with Gasteiger partial charge in [0.1, 0.15) is 0 Å². The minimum Gasteiger partial charge on any atom is -0.319 e. The van der Waals surface area contributed by atoms with E-state index in [1.165, 1.54) is 12.8 Å². The highest BCUT2D eigenvalue weighted by Crippen LogP contribution is 2.36. The zero-order valence-corrected chi connectivity index (χ0v) is 8.42. The molecule has 1 fully saturated rings. The molecule has 0 radical (unpaired) electrons. The topological polar surface area (TPSA) is 55.6 Å². The maximum atomic E-state index is 3.99. The number of thioether (sulfide) groups is 1. The van der Waals surface area contributed by atoms with Crippen molar-refractivity contribution in [3.63, 3.8) is 0 Å². The maximum Gasteiger partial charge on any atom is 0.209 e. The molecule has 0 unspecified atom stereocenters. The van der Waals surface area contributed by atoms with Crippen LogP contribution >= 0.6 is 11.8 Å². The van der Waals surface area contributed by atoms with E-state index in [9.17, 15) is 0 Å². The summed E-state index contributed by atoms with van der Waals surface area (Å²) in [7, 11) is 1.95. The Morgan fingerprint density at radius 1 is 1.62 bits per heavy atom. The number of hydrogen-bond acceptors (Lipinski definition) is 5. The SMILES string of the molecule is CNCCSc1nnnn1C1CC1. The summed E-state index contributed by atoms with van der Waals surface area (Å²) in [6.45, 7) is 0.988. The normalized spacial score (nSPS) is 16.4. The lowest BCUT2D eigenvalue weighted by Crippen LogP contribution is -2.10. The molecule has 1 aliphatic rings. The molecule has 72 valence electrons. The molecule has 0 atom stereocenters. The average molecular weight is 199 g/mol. The van der Waals surface area contributed by atoms with Crippen LogP contribution in [0.5, 0.6) is 0 Å². The minimum atomic E-state index is 0.576. The number of hydrogen-bond donors (Lipinski definition) is 1. The third-order valence-corrected chi connectivity index (χ3v) is 2.87. The standard InChI is InChI=1S/C7H13N5S/c1-8-4-5-13-7-9-10-11-12(7)6-2-3-6/h6,8H,2-5H2,1H3. The van der Waals surface area contributed by atoms with Crippen LogP contribution in [0.25, 0.3) is 0 Å². The van der Waals surface area contributed by atoms with Crippen LogP contribution in [-0.4, -0.2) is 39.6 Å². The summed E-state index contributed by atoms with van der Waals surface area (Å²) in [4.78, 5) is 0. The number of aromatic nitrogens is 4. The van der Waals surface area contributed by atoms with E-state index >= 15 is 0 Å². The Labute approximate surface area is 81.3 Å². The van der Waals surface area contributed by atoms with Gasteiger partial charge in [0.15, 0.2) is 0 Å². The van der Waals surface area contributed by atoms with Gasteiger partial charge in [0.25, 0.3) is 0 Å². The van der Waals surface area contributed by atoms with Gasteiger partial charge in [0, 0.05) is 12.3 Å². The molecule has 0 saturated heterocycles. The van der Waals surface area contributed by atoms with Crippen LogP contribution in [0, 0.1) is 0 Å². The van der Waals surface area contributed by atoms with Crippen LogP contribution in [0.2, 0.25) is 0 Å². The average Bonchev–Trinajstić information content (AvgIpc) is 2.88. The molecule has 0 aliphatic heterocycles. The first kappa shape index (κ1) is 8.96. The van der Waals surface area contributed by atoms with Crippen LogP contribution in [0.15, 0.2) is 5.16 Å². The van der Waals surface area contributed by atoms with Gasteiger partial charge >= 0.3 is 0 Å². The molecular weight excluding hydrogens is 186 g/mol. The zero-order valence-electron chi connectivity index (χ0n) is 7.60. The maximum absolute atomic E-state index is 3.99. The molecule has 0 aromatic carbocycles. The molecule has 1 aromatic heterocycles. The minimum absolute atomic E-state index is 0.576. The Balaban J connectivity index is 1.90. The van der Waals surface area contributed by atoms with Gasteiger partial charge in [-0.25, -0.2) is 4.68 Å². The van der Waals surface area contributed by atoms with Crippen LogP contribution < -0.4 is 5.32 Å². The molecule has 0 amide bonds. The highest BCUT2D eigenvalue weighted by atomic mass is 32.2. The van der Waals surface area contributed by atoms with Crippen LogP contribution in [0.3, 0.4) is 0 Å². The van der Waals surface area contributed by atoms with Gasteiger partial charge in [-0.3, -0.25) is 0 Å². The van der Waals surface area contributed by atoms with Crippen LogP contribution in [-0.2, 0) is 0 Å². The Kier molecular flexibility index (Phi) is 2.80. The molecule has 1 heterocycles. The van der Waals surface area contributed by atoms with E-state index in [0.29, 0.717) is 6.04 Å². The summed E-state index contributed by atoms with van der Waals surface area (Å²) in [5, 5.41) is 15.7. The molecule has 6 heteroatoms. The Morgan fingerprint density at radius 2 is 2.46 bits per heavy atom.